The fourth-order valence-electron chi connectivity index (χ4n) is 4.39. The molecular formula is C21H22O4. The van der Waals surface area contributed by atoms with Crippen LogP contribution < -0.4 is 0 Å². The third-order valence-corrected chi connectivity index (χ3v) is 5.55. The summed E-state index contributed by atoms with van der Waals surface area (Å²) in [5.41, 5.74) is 0.796. The van der Waals surface area contributed by atoms with Crippen molar-refractivity contribution in [2.24, 2.45) is 5.92 Å². The summed E-state index contributed by atoms with van der Waals surface area (Å²) in [5.74, 6) is -1.28. The Hall–Kier alpha value is -2.17. The molecule has 3 aliphatic rings. The van der Waals surface area contributed by atoms with Gasteiger partial charge in [-0.15, -0.1) is 0 Å². The predicted octanol–water partition coefficient (Wildman–Crippen LogP) is 2.75. The van der Waals surface area contributed by atoms with Gasteiger partial charge in [0.1, 0.15) is 11.2 Å². The van der Waals surface area contributed by atoms with Gasteiger partial charge in [0.05, 0.1) is 12.5 Å². The molecule has 2 bridgehead atoms. The second-order valence-corrected chi connectivity index (χ2v) is 7.15. The third-order valence-electron chi connectivity index (χ3n) is 5.55. The zero-order valence-electron chi connectivity index (χ0n) is 14.5. The van der Waals surface area contributed by atoms with Crippen LogP contribution in [0.5, 0.6) is 0 Å². The van der Waals surface area contributed by atoms with E-state index in [1.165, 1.54) is 0 Å². The second kappa shape index (κ2) is 5.41. The average Bonchev–Trinajstić information content (AvgIpc) is 2.62. The number of esters is 1. The van der Waals surface area contributed by atoms with Gasteiger partial charge in [-0.1, -0.05) is 55.0 Å². The molecule has 2 aromatic carbocycles. The Balaban J connectivity index is 1.96. The average molecular weight is 338 g/mol. The summed E-state index contributed by atoms with van der Waals surface area (Å²) in [6.07, 6.45) is 0.840. The second-order valence-electron chi connectivity index (χ2n) is 7.15. The Labute approximate surface area is 147 Å². The monoisotopic (exact) mass is 338 g/mol. The molecule has 0 saturated carbocycles. The van der Waals surface area contributed by atoms with Crippen LogP contribution in [0.4, 0.5) is 0 Å². The van der Waals surface area contributed by atoms with E-state index < -0.39 is 23.1 Å². The molecule has 25 heavy (non-hydrogen) atoms. The van der Waals surface area contributed by atoms with Crippen LogP contribution in [0.2, 0.25) is 0 Å². The van der Waals surface area contributed by atoms with E-state index in [0.29, 0.717) is 35.3 Å². The third kappa shape index (κ3) is 2.04. The van der Waals surface area contributed by atoms with Crippen molar-refractivity contribution in [2.45, 2.75) is 37.9 Å². The smallest absolute Gasteiger partial charge is 0.312 e. The lowest BCUT2D eigenvalue weighted by molar-refractivity contribution is -0.166. The van der Waals surface area contributed by atoms with E-state index in [0.717, 1.165) is 5.56 Å². The maximum Gasteiger partial charge on any atom is 0.312 e. The van der Waals surface area contributed by atoms with E-state index >= 15 is 0 Å². The minimum absolute atomic E-state index is 0.125. The molecule has 0 heterocycles. The summed E-state index contributed by atoms with van der Waals surface area (Å²) < 4.78 is 5.34. The number of fused-ring (bicyclic) bond motifs is 1. The highest BCUT2D eigenvalue weighted by atomic mass is 16.5. The van der Waals surface area contributed by atoms with E-state index in [-0.39, 0.29) is 6.42 Å². The Morgan fingerprint density at radius 2 is 1.80 bits per heavy atom. The lowest BCUT2D eigenvalue weighted by atomic mass is 9.54. The zero-order valence-corrected chi connectivity index (χ0v) is 14.5. The van der Waals surface area contributed by atoms with Crippen LogP contribution in [0.3, 0.4) is 0 Å². The lowest BCUT2D eigenvalue weighted by Crippen LogP contribution is -2.57. The first-order chi connectivity index (χ1) is 11.9. The van der Waals surface area contributed by atoms with E-state index in [1.54, 1.807) is 6.07 Å². The number of aryl methyl sites for hydroxylation is 1. The van der Waals surface area contributed by atoms with Crippen molar-refractivity contribution >= 4 is 5.97 Å². The zero-order chi connectivity index (χ0) is 17.8. The molecule has 2 N–H and O–H groups in total. The molecule has 0 aliphatic heterocycles. The Morgan fingerprint density at radius 3 is 2.52 bits per heavy atom. The number of ether oxygens (including phenoxy) is 1. The predicted molar refractivity (Wildman–Crippen MR) is 93.0 cm³/mol. The van der Waals surface area contributed by atoms with Crippen molar-refractivity contribution in [1.29, 1.82) is 0 Å². The summed E-state index contributed by atoms with van der Waals surface area (Å²) in [6, 6.07) is 12.9. The number of hydrogen-bond acceptors (Lipinski definition) is 4. The van der Waals surface area contributed by atoms with Gasteiger partial charge in [-0.25, -0.2) is 0 Å². The first kappa shape index (κ1) is 16.3. The van der Waals surface area contributed by atoms with Crippen LogP contribution in [0.25, 0.3) is 0 Å². The largest absolute Gasteiger partial charge is 0.465 e. The number of aliphatic hydroxyl groups is 2. The summed E-state index contributed by atoms with van der Waals surface area (Å²) in [5, 5.41) is 23.3. The summed E-state index contributed by atoms with van der Waals surface area (Å²) >= 11 is 0. The maximum atomic E-state index is 12.7. The van der Waals surface area contributed by atoms with Gasteiger partial charge >= 0.3 is 5.97 Å². The van der Waals surface area contributed by atoms with Gasteiger partial charge in [0.15, 0.2) is 0 Å². The highest BCUT2D eigenvalue weighted by Gasteiger charge is 2.62. The maximum absolute atomic E-state index is 12.7. The van der Waals surface area contributed by atoms with E-state index in [9.17, 15) is 15.0 Å². The van der Waals surface area contributed by atoms with Gasteiger partial charge in [0.25, 0.3) is 0 Å². The van der Waals surface area contributed by atoms with Gasteiger partial charge in [-0.2, -0.15) is 0 Å². The van der Waals surface area contributed by atoms with Crippen LogP contribution in [-0.4, -0.2) is 22.8 Å². The Morgan fingerprint density at radius 1 is 1.12 bits per heavy atom. The van der Waals surface area contributed by atoms with Crippen molar-refractivity contribution < 1.29 is 19.7 Å². The molecule has 3 atom stereocenters. The molecule has 0 spiro atoms. The SMILES string of the molecule is CCCOC(=O)C1CC2(O)c3ccccc3C1(O)c1ccc(C)cc12. The fourth-order valence-corrected chi connectivity index (χ4v) is 4.39. The number of rotatable bonds is 3. The van der Waals surface area contributed by atoms with Gasteiger partial charge in [-0.3, -0.25) is 4.79 Å². The van der Waals surface area contributed by atoms with E-state index in [2.05, 4.69) is 0 Å². The number of benzene rings is 2. The molecule has 0 radical (unpaired) electrons. The van der Waals surface area contributed by atoms with Crippen molar-refractivity contribution in [3.8, 4) is 0 Å². The molecule has 0 saturated heterocycles. The van der Waals surface area contributed by atoms with Crippen LogP contribution in [0, 0.1) is 12.8 Å². The van der Waals surface area contributed by atoms with Crippen molar-refractivity contribution in [3.05, 3.63) is 70.3 Å². The molecule has 130 valence electrons. The van der Waals surface area contributed by atoms with Gasteiger partial charge in [0, 0.05) is 6.42 Å². The summed E-state index contributed by atoms with van der Waals surface area (Å²) in [7, 11) is 0. The topological polar surface area (TPSA) is 66.8 Å². The van der Waals surface area contributed by atoms with Gasteiger partial charge in [0.2, 0.25) is 0 Å². The molecule has 0 fully saturated rings. The van der Waals surface area contributed by atoms with E-state index in [1.807, 2.05) is 50.2 Å². The van der Waals surface area contributed by atoms with Crippen LogP contribution in [-0.2, 0) is 20.7 Å². The van der Waals surface area contributed by atoms with E-state index in [4.69, 9.17) is 4.74 Å². The molecule has 4 nitrogen and oxygen atoms in total. The summed E-state index contributed by atoms with van der Waals surface area (Å²) in [4.78, 5) is 12.7. The normalized spacial score (nSPS) is 29.0. The highest BCUT2D eigenvalue weighted by molar-refractivity contribution is 5.79. The molecule has 5 rings (SSSR count). The minimum atomic E-state index is -1.48. The highest BCUT2D eigenvalue weighted by Crippen LogP contribution is 2.59. The van der Waals surface area contributed by atoms with Crippen molar-refractivity contribution in [3.63, 3.8) is 0 Å². The fraction of sp³-hybridized carbons (Fsp3) is 0.381. The first-order valence-electron chi connectivity index (χ1n) is 8.76. The number of hydrogen-bond donors (Lipinski definition) is 2. The molecule has 3 unspecified atom stereocenters. The number of carbonyl (C=O) groups excluding carboxylic acids is 1. The molecule has 2 aromatic rings. The van der Waals surface area contributed by atoms with Crippen LogP contribution in [0.1, 0.15) is 47.6 Å². The Bertz CT molecular complexity index is 859. The minimum Gasteiger partial charge on any atom is -0.465 e. The van der Waals surface area contributed by atoms with Crippen LogP contribution in [0.15, 0.2) is 42.5 Å². The quantitative estimate of drug-likeness (QED) is 0.845. The molecule has 4 heteroatoms. The van der Waals surface area contributed by atoms with Crippen LogP contribution >= 0.6 is 0 Å². The first-order valence-corrected chi connectivity index (χ1v) is 8.76. The summed E-state index contributed by atoms with van der Waals surface area (Å²) in [6.45, 7) is 4.19. The number of carbonyl (C=O) groups is 1. The lowest BCUT2D eigenvalue weighted by Gasteiger charge is -2.53. The Kier molecular flexibility index (Phi) is 3.53. The van der Waals surface area contributed by atoms with Gasteiger partial charge in [-0.05, 0) is 35.6 Å². The molecule has 0 aromatic heterocycles. The molecule has 3 aliphatic carbocycles. The molecular weight excluding hydrogens is 316 g/mol. The van der Waals surface area contributed by atoms with Crippen molar-refractivity contribution in [2.75, 3.05) is 6.61 Å². The van der Waals surface area contributed by atoms with Gasteiger partial charge < -0.3 is 14.9 Å². The standard InChI is InChI=1S/C21H22O4/c1-3-10-25-19(22)18-12-20(23)14-6-4-5-7-15(14)21(18,24)16-9-8-13(2)11-17(16)20/h4-9,11,18,23-24H,3,10,12H2,1-2H3. The molecule has 0 amide bonds. The van der Waals surface area contributed by atoms with Crippen molar-refractivity contribution in [1.82, 2.24) is 0 Å².